The van der Waals surface area contributed by atoms with Gasteiger partial charge in [-0.2, -0.15) is 13.2 Å². The van der Waals surface area contributed by atoms with E-state index in [4.69, 9.17) is 10.5 Å². The first kappa shape index (κ1) is 15.6. The van der Waals surface area contributed by atoms with Crippen molar-refractivity contribution >= 4 is 11.6 Å². The predicted molar refractivity (Wildman–Crippen MR) is 72.2 cm³/mol. The Hall–Kier alpha value is -1.76. The quantitative estimate of drug-likeness (QED) is 0.913. The number of amides is 1. The third kappa shape index (κ3) is 3.66. The summed E-state index contributed by atoms with van der Waals surface area (Å²) in [6.07, 6.45) is -3.82. The van der Waals surface area contributed by atoms with Crippen LogP contribution >= 0.6 is 0 Å². The van der Waals surface area contributed by atoms with Gasteiger partial charge in [0.05, 0.1) is 17.2 Å². The average molecular weight is 302 g/mol. The Kier molecular flexibility index (Phi) is 4.41. The van der Waals surface area contributed by atoms with Gasteiger partial charge in [0, 0.05) is 25.4 Å². The molecule has 1 atom stereocenters. The van der Waals surface area contributed by atoms with Gasteiger partial charge in [0.25, 0.3) is 5.91 Å². The second-order valence-electron chi connectivity index (χ2n) is 5.07. The number of anilines is 1. The van der Waals surface area contributed by atoms with Crippen molar-refractivity contribution in [1.82, 2.24) is 0 Å². The maximum Gasteiger partial charge on any atom is 0.416 e. The van der Waals surface area contributed by atoms with E-state index in [0.29, 0.717) is 25.4 Å². The molecule has 1 aromatic rings. The fourth-order valence-corrected chi connectivity index (χ4v) is 2.40. The molecule has 0 aromatic heterocycles. The molecule has 0 spiro atoms. The van der Waals surface area contributed by atoms with Crippen LogP contribution in [0.4, 0.5) is 18.9 Å². The van der Waals surface area contributed by atoms with Crippen LogP contribution in [-0.4, -0.2) is 31.7 Å². The van der Waals surface area contributed by atoms with Gasteiger partial charge in [-0.15, -0.1) is 0 Å². The number of nitrogens with zero attached hydrogens (tertiary/aromatic N) is 1. The molecule has 1 amide bonds. The average Bonchev–Trinajstić information content (AvgIpc) is 2.61. The molecule has 1 unspecified atom stereocenters. The largest absolute Gasteiger partial charge is 0.416 e. The van der Waals surface area contributed by atoms with E-state index in [0.717, 1.165) is 18.6 Å². The van der Waals surface area contributed by atoms with E-state index in [9.17, 15) is 18.0 Å². The Morgan fingerprint density at radius 1 is 1.43 bits per heavy atom. The van der Waals surface area contributed by atoms with Gasteiger partial charge in [0.1, 0.15) is 0 Å². The van der Waals surface area contributed by atoms with Gasteiger partial charge in [-0.1, -0.05) is 0 Å². The third-order valence-electron chi connectivity index (χ3n) is 3.38. The minimum Gasteiger partial charge on any atom is -0.377 e. The van der Waals surface area contributed by atoms with Crippen molar-refractivity contribution in [3.63, 3.8) is 0 Å². The second kappa shape index (κ2) is 5.93. The van der Waals surface area contributed by atoms with Gasteiger partial charge < -0.3 is 15.4 Å². The lowest BCUT2D eigenvalue weighted by atomic mass is 10.1. The third-order valence-corrected chi connectivity index (χ3v) is 3.38. The lowest BCUT2D eigenvalue weighted by Crippen LogP contribution is -2.32. The number of hydrogen-bond donors (Lipinski definition) is 1. The first-order valence-corrected chi connectivity index (χ1v) is 6.66. The molecule has 0 aliphatic carbocycles. The summed E-state index contributed by atoms with van der Waals surface area (Å²) in [5.41, 5.74) is 4.68. The molecule has 7 heteroatoms. The highest BCUT2D eigenvalue weighted by Gasteiger charge is 2.32. The molecule has 116 valence electrons. The highest BCUT2D eigenvalue weighted by Crippen LogP contribution is 2.33. The number of alkyl halides is 3. The number of benzene rings is 1. The van der Waals surface area contributed by atoms with Crippen LogP contribution < -0.4 is 10.6 Å². The molecular weight excluding hydrogens is 285 g/mol. The summed E-state index contributed by atoms with van der Waals surface area (Å²) in [6, 6.07) is 3.09. The highest BCUT2D eigenvalue weighted by atomic mass is 19.4. The fourth-order valence-electron chi connectivity index (χ4n) is 2.40. The maximum absolute atomic E-state index is 12.7. The number of carbonyl (C=O) groups is 1. The van der Waals surface area contributed by atoms with Crippen LogP contribution in [0.3, 0.4) is 0 Å². The smallest absolute Gasteiger partial charge is 0.377 e. The van der Waals surface area contributed by atoms with Crippen molar-refractivity contribution in [3.8, 4) is 0 Å². The molecule has 2 N–H and O–H groups in total. The van der Waals surface area contributed by atoms with E-state index in [1.807, 2.05) is 11.8 Å². The van der Waals surface area contributed by atoms with E-state index in [1.165, 1.54) is 6.07 Å². The first-order valence-electron chi connectivity index (χ1n) is 6.66. The van der Waals surface area contributed by atoms with Crippen molar-refractivity contribution in [1.29, 1.82) is 0 Å². The monoisotopic (exact) mass is 302 g/mol. The Morgan fingerprint density at radius 3 is 2.76 bits per heavy atom. The summed E-state index contributed by atoms with van der Waals surface area (Å²) in [4.78, 5) is 13.4. The van der Waals surface area contributed by atoms with Crippen LogP contribution in [-0.2, 0) is 10.9 Å². The summed E-state index contributed by atoms with van der Waals surface area (Å²) in [5.74, 6) is -0.867. The summed E-state index contributed by atoms with van der Waals surface area (Å²) in [5, 5.41) is 0. The molecule has 2 rings (SSSR count). The van der Waals surface area contributed by atoms with Gasteiger partial charge >= 0.3 is 6.18 Å². The Balaban J connectivity index is 2.40. The maximum atomic E-state index is 12.7. The Morgan fingerprint density at radius 2 is 2.14 bits per heavy atom. The number of ether oxygens (including phenoxy) is 1. The van der Waals surface area contributed by atoms with E-state index in [1.54, 1.807) is 0 Å². The predicted octanol–water partition coefficient (Wildman–Crippen LogP) is 2.42. The molecule has 0 saturated carbocycles. The van der Waals surface area contributed by atoms with Crippen LogP contribution in [0.25, 0.3) is 0 Å². The van der Waals surface area contributed by atoms with Crippen LogP contribution in [0, 0.1) is 0 Å². The molecular formula is C14H17F3N2O2. The normalized spacial score (nSPS) is 20.2. The van der Waals surface area contributed by atoms with Gasteiger partial charge in [-0.05, 0) is 31.5 Å². The zero-order chi connectivity index (χ0) is 15.6. The van der Waals surface area contributed by atoms with Gasteiger partial charge in [0.15, 0.2) is 0 Å². The van der Waals surface area contributed by atoms with Gasteiger partial charge in [-0.3, -0.25) is 4.79 Å². The molecule has 1 heterocycles. The zero-order valence-electron chi connectivity index (χ0n) is 11.6. The van der Waals surface area contributed by atoms with Crippen molar-refractivity contribution in [2.75, 3.05) is 24.6 Å². The highest BCUT2D eigenvalue weighted by molar-refractivity contribution is 5.99. The fraction of sp³-hybridized carbons (Fsp3) is 0.500. The number of halogens is 3. The summed E-state index contributed by atoms with van der Waals surface area (Å²) >= 11 is 0. The van der Waals surface area contributed by atoms with E-state index in [-0.39, 0.29) is 11.7 Å². The first-order chi connectivity index (χ1) is 9.79. The molecule has 1 aromatic carbocycles. The minimum atomic E-state index is -4.50. The zero-order valence-corrected chi connectivity index (χ0v) is 11.6. The topological polar surface area (TPSA) is 55.6 Å². The molecule has 21 heavy (non-hydrogen) atoms. The van der Waals surface area contributed by atoms with Crippen LogP contribution in [0.1, 0.15) is 29.3 Å². The van der Waals surface area contributed by atoms with Crippen LogP contribution in [0.5, 0.6) is 0 Å². The number of hydrogen-bond acceptors (Lipinski definition) is 3. The molecule has 0 radical (unpaired) electrons. The second-order valence-corrected chi connectivity index (χ2v) is 5.07. The summed E-state index contributed by atoms with van der Waals surface area (Å²) in [6.45, 7) is 3.58. The molecule has 4 nitrogen and oxygen atoms in total. The van der Waals surface area contributed by atoms with E-state index in [2.05, 4.69) is 0 Å². The van der Waals surface area contributed by atoms with E-state index >= 15 is 0 Å². The van der Waals surface area contributed by atoms with Crippen molar-refractivity contribution < 1.29 is 22.7 Å². The molecule has 1 fully saturated rings. The van der Waals surface area contributed by atoms with E-state index < -0.39 is 17.6 Å². The Bertz CT molecular complexity index is 531. The molecule has 1 saturated heterocycles. The standard InChI is InChI=1S/C14H17F3N2O2/c1-9-8-19(5-2-6-21-9)12-4-3-10(14(15,16)17)7-11(12)13(18)20/h3-4,7,9H,2,5-6,8H2,1H3,(H2,18,20). The van der Waals surface area contributed by atoms with Crippen molar-refractivity contribution in [3.05, 3.63) is 29.3 Å². The lowest BCUT2D eigenvalue weighted by molar-refractivity contribution is -0.137. The van der Waals surface area contributed by atoms with Crippen molar-refractivity contribution in [2.24, 2.45) is 5.73 Å². The van der Waals surface area contributed by atoms with Gasteiger partial charge in [-0.25, -0.2) is 0 Å². The number of rotatable bonds is 2. The SMILES string of the molecule is CC1CN(c2ccc(C(F)(F)F)cc2C(N)=O)CCCO1. The summed E-state index contributed by atoms with van der Waals surface area (Å²) in [7, 11) is 0. The number of nitrogens with two attached hydrogens (primary N) is 1. The van der Waals surface area contributed by atoms with Crippen LogP contribution in [0.2, 0.25) is 0 Å². The lowest BCUT2D eigenvalue weighted by Gasteiger charge is -2.26. The molecule has 1 aliphatic rings. The minimum absolute atomic E-state index is 0.0597. The van der Waals surface area contributed by atoms with Crippen LogP contribution in [0.15, 0.2) is 18.2 Å². The Labute approximate surface area is 120 Å². The van der Waals surface area contributed by atoms with Gasteiger partial charge in [0.2, 0.25) is 0 Å². The molecule has 1 aliphatic heterocycles. The number of carbonyl (C=O) groups excluding carboxylic acids is 1. The molecule has 0 bridgehead atoms. The number of primary amides is 1. The summed E-state index contributed by atoms with van der Waals surface area (Å²) < 4.78 is 43.7. The van der Waals surface area contributed by atoms with Crippen molar-refractivity contribution in [2.45, 2.75) is 25.6 Å².